The second-order valence-electron chi connectivity index (χ2n) is 5.20. The van der Waals surface area contributed by atoms with Crippen LogP contribution in [0.25, 0.3) is 0 Å². The van der Waals surface area contributed by atoms with E-state index in [1.54, 1.807) is 18.2 Å². The van der Waals surface area contributed by atoms with Crippen LogP contribution in [-0.2, 0) is 0 Å². The molecule has 0 aromatic heterocycles. The van der Waals surface area contributed by atoms with E-state index in [2.05, 4.69) is 19.2 Å². The summed E-state index contributed by atoms with van der Waals surface area (Å²) in [6, 6.07) is 5.06. The van der Waals surface area contributed by atoms with Gasteiger partial charge in [-0.15, -0.1) is 0 Å². The van der Waals surface area contributed by atoms with Crippen LogP contribution in [0.15, 0.2) is 18.2 Å². The number of carbonyl (C=O) groups excluding carboxylic acids is 1. The maximum atomic E-state index is 12.3. The molecule has 1 aromatic rings. The number of phenols is 1. The lowest BCUT2D eigenvalue weighted by molar-refractivity contribution is 0.0652. The van der Waals surface area contributed by atoms with Gasteiger partial charge in [-0.2, -0.15) is 0 Å². The van der Waals surface area contributed by atoms with Crippen molar-refractivity contribution in [3.8, 4) is 5.75 Å². The van der Waals surface area contributed by atoms with Crippen LogP contribution < -0.4 is 5.32 Å². The quantitative estimate of drug-likeness (QED) is 0.752. The average molecular weight is 360 g/mol. The van der Waals surface area contributed by atoms with Gasteiger partial charge in [-0.1, -0.05) is 0 Å². The highest BCUT2D eigenvalue weighted by atomic mass is 127. The fourth-order valence-corrected chi connectivity index (χ4v) is 2.48. The molecule has 2 rings (SSSR count). The molecular weight excluding hydrogens is 343 g/mol. The van der Waals surface area contributed by atoms with Crippen molar-refractivity contribution in [1.29, 1.82) is 0 Å². The summed E-state index contributed by atoms with van der Waals surface area (Å²) >= 11 is 2.04. The molecule has 0 unspecified atom stereocenters. The minimum atomic E-state index is -0.0564. The molecule has 0 atom stereocenters. The Morgan fingerprint density at radius 3 is 2.83 bits per heavy atom. The molecule has 4 nitrogen and oxygen atoms in total. The van der Waals surface area contributed by atoms with E-state index in [1.165, 1.54) is 0 Å². The first-order chi connectivity index (χ1) is 8.39. The topological polar surface area (TPSA) is 52.6 Å². The summed E-state index contributed by atoms with van der Waals surface area (Å²) in [5, 5.41) is 13.0. The lowest BCUT2D eigenvalue weighted by atomic mass is 10.0. The number of benzene rings is 1. The predicted molar refractivity (Wildman–Crippen MR) is 78.8 cm³/mol. The Kier molecular flexibility index (Phi) is 3.82. The Hall–Kier alpha value is -0.820. The second kappa shape index (κ2) is 5.05. The van der Waals surface area contributed by atoms with Crippen molar-refractivity contribution >= 4 is 28.5 Å². The van der Waals surface area contributed by atoms with Gasteiger partial charge in [-0.25, -0.2) is 0 Å². The summed E-state index contributed by atoms with van der Waals surface area (Å²) in [5.74, 6) is 0.145. The molecule has 98 valence electrons. The normalized spacial score (nSPS) is 18.7. The molecule has 2 N–H and O–H groups in total. The molecule has 0 aliphatic carbocycles. The summed E-state index contributed by atoms with van der Waals surface area (Å²) in [6.45, 7) is 6.35. The van der Waals surface area contributed by atoms with E-state index in [1.807, 2.05) is 27.5 Å². The SMILES string of the molecule is CC1(C)CN(C(=O)c2ccc(I)c(O)c2)CCN1. The smallest absolute Gasteiger partial charge is 0.254 e. The molecule has 1 aromatic carbocycles. The first-order valence-electron chi connectivity index (χ1n) is 5.92. The molecule has 18 heavy (non-hydrogen) atoms. The summed E-state index contributed by atoms with van der Waals surface area (Å²) in [7, 11) is 0. The summed E-state index contributed by atoms with van der Waals surface area (Å²) in [5.41, 5.74) is 0.490. The molecule has 1 heterocycles. The molecule has 1 aliphatic rings. The minimum absolute atomic E-state index is 0.0173. The number of rotatable bonds is 1. The number of carbonyl (C=O) groups is 1. The Bertz CT molecular complexity index is 474. The number of amides is 1. The zero-order valence-corrected chi connectivity index (χ0v) is 12.7. The summed E-state index contributed by atoms with van der Waals surface area (Å²) in [6.07, 6.45) is 0. The molecule has 1 saturated heterocycles. The van der Waals surface area contributed by atoms with Crippen LogP contribution in [0, 0.1) is 3.57 Å². The number of nitrogens with one attached hydrogen (secondary N) is 1. The van der Waals surface area contributed by atoms with Crippen molar-refractivity contribution in [2.45, 2.75) is 19.4 Å². The molecule has 0 radical (unpaired) electrons. The fourth-order valence-electron chi connectivity index (χ4n) is 2.14. The van der Waals surface area contributed by atoms with E-state index in [0.29, 0.717) is 18.7 Å². The Morgan fingerprint density at radius 2 is 2.22 bits per heavy atom. The Morgan fingerprint density at radius 1 is 1.50 bits per heavy atom. The largest absolute Gasteiger partial charge is 0.507 e. The highest BCUT2D eigenvalue weighted by Crippen LogP contribution is 2.22. The third kappa shape index (κ3) is 2.95. The van der Waals surface area contributed by atoms with Crippen LogP contribution in [-0.4, -0.2) is 41.1 Å². The Balaban J connectivity index is 2.18. The van der Waals surface area contributed by atoms with E-state index in [9.17, 15) is 9.90 Å². The third-order valence-electron chi connectivity index (χ3n) is 3.05. The monoisotopic (exact) mass is 360 g/mol. The van der Waals surface area contributed by atoms with Crippen LogP contribution in [0.1, 0.15) is 24.2 Å². The first kappa shape index (κ1) is 13.6. The molecule has 0 spiro atoms. The lowest BCUT2D eigenvalue weighted by Crippen LogP contribution is -2.58. The second-order valence-corrected chi connectivity index (χ2v) is 6.37. The number of aromatic hydroxyl groups is 1. The number of hydrogen-bond acceptors (Lipinski definition) is 3. The van der Waals surface area contributed by atoms with Gasteiger partial charge in [0.15, 0.2) is 0 Å². The van der Waals surface area contributed by atoms with Gasteiger partial charge < -0.3 is 15.3 Å². The van der Waals surface area contributed by atoms with E-state index in [4.69, 9.17) is 0 Å². The van der Waals surface area contributed by atoms with Crippen LogP contribution >= 0.6 is 22.6 Å². The van der Waals surface area contributed by atoms with Gasteiger partial charge >= 0.3 is 0 Å². The standard InChI is InChI=1S/C13H17IN2O2/c1-13(2)8-16(6-5-15-13)12(18)9-3-4-10(14)11(17)7-9/h3-4,7,15,17H,5-6,8H2,1-2H3. The maximum Gasteiger partial charge on any atom is 0.254 e. The predicted octanol–water partition coefficient (Wildman–Crippen LogP) is 1.82. The van der Waals surface area contributed by atoms with Crippen molar-refractivity contribution in [3.05, 3.63) is 27.3 Å². The van der Waals surface area contributed by atoms with Crippen molar-refractivity contribution in [2.75, 3.05) is 19.6 Å². The van der Waals surface area contributed by atoms with Crippen LogP contribution in [0.5, 0.6) is 5.75 Å². The maximum absolute atomic E-state index is 12.3. The summed E-state index contributed by atoms with van der Waals surface area (Å²) < 4.78 is 0.754. The van der Waals surface area contributed by atoms with Gasteiger partial charge in [-0.3, -0.25) is 4.79 Å². The molecule has 1 amide bonds. The van der Waals surface area contributed by atoms with Crippen molar-refractivity contribution in [3.63, 3.8) is 0 Å². The molecule has 0 saturated carbocycles. The third-order valence-corrected chi connectivity index (χ3v) is 3.96. The number of piperazine rings is 1. The molecule has 1 aliphatic heterocycles. The minimum Gasteiger partial charge on any atom is -0.507 e. The number of hydrogen-bond donors (Lipinski definition) is 2. The van der Waals surface area contributed by atoms with Gasteiger partial charge in [0.2, 0.25) is 0 Å². The van der Waals surface area contributed by atoms with Crippen LogP contribution in [0.4, 0.5) is 0 Å². The Labute approximate surface area is 121 Å². The molecule has 5 heteroatoms. The van der Waals surface area contributed by atoms with Gasteiger partial charge in [0, 0.05) is 30.7 Å². The number of phenolic OH excluding ortho intramolecular Hbond substituents is 1. The van der Waals surface area contributed by atoms with E-state index < -0.39 is 0 Å². The van der Waals surface area contributed by atoms with Gasteiger partial charge in [0.1, 0.15) is 5.75 Å². The zero-order valence-electron chi connectivity index (χ0n) is 10.5. The van der Waals surface area contributed by atoms with E-state index in [0.717, 1.165) is 10.1 Å². The van der Waals surface area contributed by atoms with Crippen molar-refractivity contribution in [2.24, 2.45) is 0 Å². The number of halogens is 1. The van der Waals surface area contributed by atoms with E-state index >= 15 is 0 Å². The highest BCUT2D eigenvalue weighted by molar-refractivity contribution is 14.1. The van der Waals surface area contributed by atoms with Gasteiger partial charge in [0.05, 0.1) is 3.57 Å². The van der Waals surface area contributed by atoms with Crippen LogP contribution in [0.2, 0.25) is 0 Å². The van der Waals surface area contributed by atoms with Gasteiger partial charge in [0.25, 0.3) is 5.91 Å². The highest BCUT2D eigenvalue weighted by Gasteiger charge is 2.29. The summed E-state index contributed by atoms with van der Waals surface area (Å²) in [4.78, 5) is 14.2. The lowest BCUT2D eigenvalue weighted by Gasteiger charge is -2.39. The average Bonchev–Trinajstić information content (AvgIpc) is 2.30. The zero-order chi connectivity index (χ0) is 13.3. The fraction of sp³-hybridized carbons (Fsp3) is 0.462. The van der Waals surface area contributed by atoms with Crippen LogP contribution in [0.3, 0.4) is 0 Å². The molecular formula is C13H17IN2O2. The van der Waals surface area contributed by atoms with Gasteiger partial charge in [-0.05, 0) is 54.6 Å². The van der Waals surface area contributed by atoms with Crippen molar-refractivity contribution < 1.29 is 9.90 Å². The first-order valence-corrected chi connectivity index (χ1v) is 7.00. The van der Waals surface area contributed by atoms with E-state index in [-0.39, 0.29) is 17.2 Å². The van der Waals surface area contributed by atoms with Crippen molar-refractivity contribution in [1.82, 2.24) is 10.2 Å². The molecule has 1 fully saturated rings. The molecule has 0 bridgehead atoms. The number of nitrogens with zero attached hydrogens (tertiary/aromatic N) is 1.